The lowest BCUT2D eigenvalue weighted by molar-refractivity contribution is -0.136. The maximum atomic E-state index is 12.4. The van der Waals surface area contributed by atoms with Crippen molar-refractivity contribution in [3.8, 4) is 11.5 Å². The number of rotatable bonds is 7. The predicted octanol–water partition coefficient (Wildman–Crippen LogP) is 2.55. The van der Waals surface area contributed by atoms with Crippen molar-refractivity contribution in [1.82, 2.24) is 14.8 Å². The number of anilines is 1. The highest BCUT2D eigenvalue weighted by molar-refractivity contribution is 6.39. The van der Waals surface area contributed by atoms with E-state index in [-0.39, 0.29) is 6.04 Å². The van der Waals surface area contributed by atoms with Crippen molar-refractivity contribution in [1.29, 1.82) is 0 Å². The first kappa shape index (κ1) is 22.2. The molecule has 1 aromatic heterocycles. The Hall–Kier alpha value is -3.52. The van der Waals surface area contributed by atoms with Gasteiger partial charge in [0.1, 0.15) is 0 Å². The topological polar surface area (TPSA) is 84.8 Å². The average Bonchev–Trinajstić information content (AvgIpc) is 3.09. The van der Waals surface area contributed by atoms with E-state index >= 15 is 0 Å². The maximum Gasteiger partial charge on any atom is 0.313 e. The number of nitrogens with zero attached hydrogens (tertiary/aromatic N) is 2. The van der Waals surface area contributed by atoms with Gasteiger partial charge in [0, 0.05) is 42.4 Å². The van der Waals surface area contributed by atoms with Crippen LogP contribution in [0.5, 0.6) is 11.5 Å². The number of hydrogen-bond donors (Lipinski definition) is 2. The summed E-state index contributed by atoms with van der Waals surface area (Å²) < 4.78 is 12.5. The largest absolute Gasteiger partial charge is 0.493 e. The van der Waals surface area contributed by atoms with E-state index in [0.717, 1.165) is 16.5 Å². The molecule has 1 heterocycles. The molecule has 0 bridgehead atoms. The van der Waals surface area contributed by atoms with Crippen LogP contribution in [-0.2, 0) is 16.6 Å². The summed E-state index contributed by atoms with van der Waals surface area (Å²) in [6.45, 7) is 0.291. The van der Waals surface area contributed by atoms with Crippen LogP contribution in [0.3, 0.4) is 0 Å². The van der Waals surface area contributed by atoms with Crippen LogP contribution in [0.2, 0.25) is 0 Å². The molecule has 3 rings (SSSR count). The Labute approximate surface area is 181 Å². The first-order chi connectivity index (χ1) is 14.8. The summed E-state index contributed by atoms with van der Waals surface area (Å²) in [5.41, 5.74) is 2.64. The molecule has 0 aliphatic rings. The minimum Gasteiger partial charge on any atom is -0.493 e. The number of benzene rings is 2. The fourth-order valence-electron chi connectivity index (χ4n) is 3.58. The summed E-state index contributed by atoms with van der Waals surface area (Å²) >= 11 is 0. The normalized spacial score (nSPS) is 11.9. The zero-order valence-electron chi connectivity index (χ0n) is 18.4. The van der Waals surface area contributed by atoms with Gasteiger partial charge in [-0.3, -0.25) is 9.59 Å². The molecule has 8 nitrogen and oxygen atoms in total. The fraction of sp³-hybridized carbons (Fsp3) is 0.304. The maximum absolute atomic E-state index is 12.4. The van der Waals surface area contributed by atoms with Crippen LogP contribution in [0, 0.1) is 0 Å². The number of carbonyl (C=O) groups excluding carboxylic acids is 2. The number of para-hydroxylation sites is 1. The molecule has 0 radical (unpaired) electrons. The first-order valence-corrected chi connectivity index (χ1v) is 9.87. The lowest BCUT2D eigenvalue weighted by Crippen LogP contribution is -2.40. The van der Waals surface area contributed by atoms with Crippen molar-refractivity contribution in [2.45, 2.75) is 6.04 Å². The summed E-state index contributed by atoms with van der Waals surface area (Å²) in [6.07, 6.45) is 2.06. The van der Waals surface area contributed by atoms with Crippen LogP contribution >= 0.6 is 0 Å². The van der Waals surface area contributed by atoms with Crippen LogP contribution in [0.25, 0.3) is 10.9 Å². The molecule has 2 amide bonds. The van der Waals surface area contributed by atoms with E-state index in [9.17, 15) is 9.59 Å². The Balaban J connectivity index is 1.69. The number of likely N-dealkylation sites (N-methyl/N-ethyl adjacent to an activating group) is 1. The van der Waals surface area contributed by atoms with Crippen molar-refractivity contribution >= 4 is 28.4 Å². The van der Waals surface area contributed by atoms with Crippen molar-refractivity contribution in [2.24, 2.45) is 7.05 Å². The Bertz CT molecular complexity index is 1090. The summed E-state index contributed by atoms with van der Waals surface area (Å²) in [6, 6.07) is 12.9. The number of amides is 2. The van der Waals surface area contributed by atoms with Gasteiger partial charge in [0.2, 0.25) is 0 Å². The third kappa shape index (κ3) is 4.80. The molecular formula is C23H28N4O4. The molecule has 31 heavy (non-hydrogen) atoms. The van der Waals surface area contributed by atoms with Gasteiger partial charge in [-0.15, -0.1) is 0 Å². The molecule has 0 saturated heterocycles. The van der Waals surface area contributed by atoms with Gasteiger partial charge in [-0.25, -0.2) is 0 Å². The molecule has 0 fully saturated rings. The minimum atomic E-state index is -0.748. The van der Waals surface area contributed by atoms with E-state index in [0.29, 0.717) is 23.7 Å². The minimum absolute atomic E-state index is 0.0936. The summed E-state index contributed by atoms with van der Waals surface area (Å²) in [4.78, 5) is 26.9. The third-order valence-corrected chi connectivity index (χ3v) is 5.21. The van der Waals surface area contributed by atoms with Gasteiger partial charge in [-0.2, -0.15) is 0 Å². The predicted molar refractivity (Wildman–Crippen MR) is 121 cm³/mol. The van der Waals surface area contributed by atoms with Gasteiger partial charge in [0.15, 0.2) is 11.5 Å². The number of ether oxygens (including phenoxy) is 2. The van der Waals surface area contributed by atoms with E-state index in [1.807, 2.05) is 38.2 Å². The highest BCUT2D eigenvalue weighted by atomic mass is 16.5. The Kier molecular flexibility index (Phi) is 6.81. The number of methoxy groups -OCH3 is 2. The van der Waals surface area contributed by atoms with E-state index in [1.54, 1.807) is 18.2 Å². The second-order valence-electron chi connectivity index (χ2n) is 7.43. The Morgan fingerprint density at radius 2 is 1.74 bits per heavy atom. The van der Waals surface area contributed by atoms with Gasteiger partial charge in [0.05, 0.1) is 20.3 Å². The molecule has 8 heteroatoms. The number of nitrogens with one attached hydrogen (secondary N) is 2. The van der Waals surface area contributed by atoms with Crippen LogP contribution < -0.4 is 20.1 Å². The second kappa shape index (κ2) is 9.53. The smallest absolute Gasteiger partial charge is 0.313 e. The van der Waals surface area contributed by atoms with E-state index in [1.165, 1.54) is 14.2 Å². The fourth-order valence-corrected chi connectivity index (χ4v) is 3.58. The summed E-state index contributed by atoms with van der Waals surface area (Å²) in [5.74, 6) is -0.456. The first-order valence-electron chi connectivity index (χ1n) is 9.87. The van der Waals surface area contributed by atoms with E-state index < -0.39 is 11.8 Å². The number of aryl methyl sites for hydroxylation is 1. The Morgan fingerprint density at radius 1 is 1.03 bits per heavy atom. The van der Waals surface area contributed by atoms with E-state index in [4.69, 9.17) is 9.47 Å². The van der Waals surface area contributed by atoms with Crippen molar-refractivity contribution in [2.75, 3.05) is 40.2 Å². The molecule has 3 aromatic rings. The molecule has 0 aliphatic carbocycles. The summed E-state index contributed by atoms with van der Waals surface area (Å²) in [5, 5.41) is 6.46. The SMILES string of the molecule is COc1ccc(NC(=O)C(=O)NCC(c2cn(C)c3ccccc23)N(C)C)cc1OC. The molecule has 0 aliphatic heterocycles. The quantitative estimate of drug-likeness (QED) is 0.570. The Morgan fingerprint density at radius 3 is 2.42 bits per heavy atom. The molecule has 0 saturated carbocycles. The second-order valence-corrected chi connectivity index (χ2v) is 7.43. The van der Waals surface area contributed by atoms with Gasteiger partial charge in [0.25, 0.3) is 0 Å². The molecular weight excluding hydrogens is 396 g/mol. The lowest BCUT2D eigenvalue weighted by atomic mass is 10.0. The van der Waals surface area contributed by atoms with Crippen LogP contribution in [0.1, 0.15) is 11.6 Å². The van der Waals surface area contributed by atoms with Crippen LogP contribution in [-0.4, -0.2) is 56.1 Å². The number of fused-ring (bicyclic) bond motifs is 1. The van der Waals surface area contributed by atoms with Crippen LogP contribution in [0.15, 0.2) is 48.7 Å². The lowest BCUT2D eigenvalue weighted by Gasteiger charge is -2.24. The third-order valence-electron chi connectivity index (χ3n) is 5.21. The van der Waals surface area contributed by atoms with Gasteiger partial charge in [-0.1, -0.05) is 18.2 Å². The molecule has 164 valence electrons. The molecule has 2 aromatic carbocycles. The van der Waals surface area contributed by atoms with Gasteiger partial charge >= 0.3 is 11.8 Å². The zero-order chi connectivity index (χ0) is 22.5. The zero-order valence-corrected chi connectivity index (χ0v) is 18.4. The molecule has 0 spiro atoms. The monoisotopic (exact) mass is 424 g/mol. The molecule has 1 atom stereocenters. The summed E-state index contributed by atoms with van der Waals surface area (Å²) in [7, 11) is 8.92. The molecule has 1 unspecified atom stereocenters. The highest BCUT2D eigenvalue weighted by Gasteiger charge is 2.22. The number of aromatic nitrogens is 1. The van der Waals surface area contributed by atoms with Crippen molar-refractivity contribution in [3.63, 3.8) is 0 Å². The van der Waals surface area contributed by atoms with Crippen LogP contribution in [0.4, 0.5) is 5.69 Å². The van der Waals surface area contributed by atoms with Crippen molar-refractivity contribution in [3.05, 3.63) is 54.2 Å². The van der Waals surface area contributed by atoms with Gasteiger partial charge in [-0.05, 0) is 37.9 Å². The number of hydrogen-bond acceptors (Lipinski definition) is 5. The average molecular weight is 425 g/mol. The standard InChI is InChI=1S/C23H28N4O4/c1-26(2)19(17-14-27(3)18-9-7-6-8-16(17)18)13-24-22(28)23(29)25-15-10-11-20(30-4)21(12-15)31-5/h6-12,14,19H,13H2,1-5H3,(H,24,28)(H,25,29). The van der Waals surface area contributed by atoms with Crippen molar-refractivity contribution < 1.29 is 19.1 Å². The highest BCUT2D eigenvalue weighted by Crippen LogP contribution is 2.30. The number of carbonyl (C=O) groups is 2. The van der Waals surface area contributed by atoms with E-state index in [2.05, 4.69) is 33.5 Å². The van der Waals surface area contributed by atoms with Gasteiger partial charge < -0.3 is 29.6 Å². The molecule has 2 N–H and O–H groups in total.